The van der Waals surface area contributed by atoms with Crippen LogP contribution in [0.3, 0.4) is 0 Å². The molecule has 372 valence electrons. The number of benzene rings is 1. The molecular formula is C42H54O25. The number of ether oxygens (including phenoxy) is 10. The molecule has 2 fully saturated rings. The van der Waals surface area contributed by atoms with E-state index < -0.39 is 155 Å². The molecule has 14 atom stereocenters. The Bertz CT molecular complexity index is 2010. The molecule has 4 heterocycles. The third kappa shape index (κ3) is 12.6. The second kappa shape index (κ2) is 24.2. The van der Waals surface area contributed by atoms with Gasteiger partial charge in [-0.05, 0) is 23.8 Å². The van der Waals surface area contributed by atoms with Gasteiger partial charge >= 0.3 is 23.9 Å². The summed E-state index contributed by atoms with van der Waals surface area (Å²) in [7, 11) is 2.08. The minimum atomic E-state index is -1.94. The van der Waals surface area contributed by atoms with Gasteiger partial charge in [0.2, 0.25) is 12.6 Å². The lowest BCUT2D eigenvalue weighted by atomic mass is 9.86. The van der Waals surface area contributed by atoms with Gasteiger partial charge < -0.3 is 104 Å². The average Bonchev–Trinajstić information content (AvgIpc) is 3.31. The molecule has 2 saturated heterocycles. The highest BCUT2D eigenvalue weighted by molar-refractivity contribution is 5.91. The average molecular weight is 959 g/mol. The first-order valence-corrected chi connectivity index (χ1v) is 20.6. The second-order valence-corrected chi connectivity index (χ2v) is 15.3. The predicted octanol–water partition coefficient (Wildman–Crippen LogP) is -3.96. The Morgan fingerprint density at radius 3 is 1.55 bits per heavy atom. The fourth-order valence-corrected chi connectivity index (χ4v) is 7.45. The lowest BCUT2D eigenvalue weighted by Crippen LogP contribution is -2.60. The van der Waals surface area contributed by atoms with Crippen LogP contribution >= 0.6 is 0 Å². The number of phenols is 2. The Morgan fingerprint density at radius 2 is 1.10 bits per heavy atom. The first-order chi connectivity index (χ1) is 32.0. The Kier molecular flexibility index (Phi) is 19.0. The molecule has 25 heteroatoms. The Morgan fingerprint density at radius 1 is 0.627 bits per heavy atom. The molecule has 0 saturated carbocycles. The topological polar surface area (TPSA) is 383 Å². The summed E-state index contributed by atoms with van der Waals surface area (Å²) in [5, 5.41) is 111. The standard InChI is InChI=1S/C42H54O25/c1-58-37(56)23-16-62-39(66-41-35(54)33(52)31(50)27(14-44)64-41)19(5-8-43)21(23)12-30(49)61-10-7-20-22(13-29(48)60-9-6-18-3-4-25(46)26(47)11-18)24(38(57)59-2)17-63-40(20)67-42-36(55)34(53)32(51)28(15-45)65-42/h3-5,7,11,16-17,21-22,27-28,31-36,39-47,50-55H,6,8-10,12-15H2,1-2H3/b19-5+,20-7+/t21-,22-,27+,28+,31+,32+,33-,34-,35+,36+,39-,40-,41-,42-/m0/s1. The molecule has 67 heavy (non-hydrogen) atoms. The van der Waals surface area contributed by atoms with Crippen molar-refractivity contribution < 1.29 is 123 Å². The molecule has 0 bridgehead atoms. The van der Waals surface area contributed by atoms with Crippen LogP contribution in [0.25, 0.3) is 0 Å². The summed E-state index contributed by atoms with van der Waals surface area (Å²) < 4.78 is 54.4. The van der Waals surface area contributed by atoms with Crippen molar-refractivity contribution in [2.75, 3.05) is 47.3 Å². The van der Waals surface area contributed by atoms with E-state index in [0.717, 1.165) is 38.9 Å². The molecule has 1 aromatic carbocycles. The Labute approximate surface area is 380 Å². The quantitative estimate of drug-likeness (QED) is 0.0289. The van der Waals surface area contributed by atoms with E-state index in [9.17, 15) is 75.3 Å². The molecular weight excluding hydrogens is 904 g/mol. The number of aliphatic hydroxyl groups is 9. The smallest absolute Gasteiger partial charge is 0.337 e. The maximum Gasteiger partial charge on any atom is 0.337 e. The van der Waals surface area contributed by atoms with Gasteiger partial charge in [0.15, 0.2) is 24.1 Å². The van der Waals surface area contributed by atoms with Crippen molar-refractivity contribution in [3.05, 3.63) is 70.7 Å². The van der Waals surface area contributed by atoms with Crippen molar-refractivity contribution in [1.29, 1.82) is 0 Å². The molecule has 0 radical (unpaired) electrons. The van der Waals surface area contributed by atoms with Crippen LogP contribution in [0, 0.1) is 11.8 Å². The number of aromatic hydroxyl groups is 2. The second-order valence-electron chi connectivity index (χ2n) is 15.3. The van der Waals surface area contributed by atoms with Crippen LogP contribution in [0.15, 0.2) is 65.2 Å². The van der Waals surface area contributed by atoms with Gasteiger partial charge in [-0.25, -0.2) is 9.59 Å². The third-order valence-electron chi connectivity index (χ3n) is 11.1. The lowest BCUT2D eigenvalue weighted by molar-refractivity contribution is -0.328. The number of hydrogen-bond donors (Lipinski definition) is 11. The van der Waals surface area contributed by atoms with Gasteiger partial charge in [0, 0.05) is 29.4 Å². The summed E-state index contributed by atoms with van der Waals surface area (Å²) in [6.45, 7) is -3.26. The number of esters is 4. The highest BCUT2D eigenvalue weighted by Gasteiger charge is 2.49. The van der Waals surface area contributed by atoms with Gasteiger partial charge in [0.05, 0.1) is 77.2 Å². The fourth-order valence-electron chi connectivity index (χ4n) is 7.45. The molecule has 25 nitrogen and oxygen atoms in total. The summed E-state index contributed by atoms with van der Waals surface area (Å²) >= 11 is 0. The van der Waals surface area contributed by atoms with Gasteiger partial charge in [0.25, 0.3) is 0 Å². The van der Waals surface area contributed by atoms with Crippen molar-refractivity contribution in [2.45, 2.75) is 93.3 Å². The van der Waals surface area contributed by atoms with Crippen LogP contribution in [0.1, 0.15) is 18.4 Å². The molecule has 1 aromatic rings. The fraction of sp³-hybridized carbons (Fsp3) is 0.571. The van der Waals surface area contributed by atoms with E-state index >= 15 is 0 Å². The minimum absolute atomic E-state index is 0.0877. The Hall–Kier alpha value is -5.26. The van der Waals surface area contributed by atoms with Gasteiger partial charge in [0.1, 0.15) is 55.4 Å². The maximum absolute atomic E-state index is 13.7. The first-order valence-electron chi connectivity index (χ1n) is 20.6. The molecule has 0 amide bonds. The summed E-state index contributed by atoms with van der Waals surface area (Å²) in [5.41, 5.74) is -0.282. The van der Waals surface area contributed by atoms with Crippen LogP contribution in [0.5, 0.6) is 11.5 Å². The predicted molar refractivity (Wildman–Crippen MR) is 215 cm³/mol. The number of carbonyl (C=O) groups is 4. The van der Waals surface area contributed by atoms with Gasteiger partial charge in [-0.1, -0.05) is 12.1 Å². The number of rotatable bonds is 18. The minimum Gasteiger partial charge on any atom is -0.504 e. The van der Waals surface area contributed by atoms with Crippen LogP contribution in [-0.2, 0) is 73.0 Å². The van der Waals surface area contributed by atoms with E-state index in [0.29, 0.717) is 5.56 Å². The number of phenolic OH excluding ortho intramolecular Hbond substituents is 2. The van der Waals surface area contributed by atoms with E-state index in [4.69, 9.17) is 47.4 Å². The van der Waals surface area contributed by atoms with Crippen LogP contribution in [0.2, 0.25) is 0 Å². The molecule has 4 aliphatic heterocycles. The van der Waals surface area contributed by atoms with Crippen molar-refractivity contribution in [1.82, 2.24) is 0 Å². The molecule has 11 N–H and O–H groups in total. The maximum atomic E-state index is 13.7. The first kappa shape index (κ1) is 52.7. The van der Waals surface area contributed by atoms with Gasteiger partial charge in [-0.15, -0.1) is 0 Å². The highest BCUT2D eigenvalue weighted by Crippen LogP contribution is 2.38. The van der Waals surface area contributed by atoms with E-state index in [-0.39, 0.29) is 41.1 Å². The SMILES string of the molecule is COC(=O)C1=CO[C@@H](O[C@@H]2O[C@H](CO)[C@@H](O)[C@H](O)[C@H]2O)/C(=C/CO)[C@@H]1CC(=O)OC/C=C1/[C@H](O[C@@H]2O[C@H](CO)[C@@H](O)[C@H](O)[C@H]2O)OC=C(C(=O)OC)[C@H]1CC(=O)OCCc1ccc(O)c(O)c1. The zero-order valence-corrected chi connectivity index (χ0v) is 35.9. The largest absolute Gasteiger partial charge is 0.504 e. The van der Waals surface area contributed by atoms with Crippen LogP contribution in [0.4, 0.5) is 0 Å². The molecule has 0 unspecified atom stereocenters. The van der Waals surface area contributed by atoms with E-state index in [1.54, 1.807) is 0 Å². The Balaban J connectivity index is 1.40. The number of aliphatic hydroxyl groups excluding tert-OH is 9. The molecule has 0 spiro atoms. The van der Waals surface area contributed by atoms with E-state index in [1.165, 1.54) is 18.2 Å². The van der Waals surface area contributed by atoms with Gasteiger partial charge in [-0.2, -0.15) is 0 Å². The molecule has 0 aromatic heterocycles. The highest BCUT2D eigenvalue weighted by atomic mass is 16.8. The summed E-state index contributed by atoms with van der Waals surface area (Å²) in [6.07, 6.45) is -18.0. The van der Waals surface area contributed by atoms with Crippen LogP contribution in [-0.4, -0.2) is 201 Å². The van der Waals surface area contributed by atoms with Crippen molar-refractivity contribution in [3.63, 3.8) is 0 Å². The number of hydrogen-bond acceptors (Lipinski definition) is 25. The molecule has 5 rings (SSSR count). The molecule has 0 aliphatic carbocycles. The lowest BCUT2D eigenvalue weighted by Gasteiger charge is -2.42. The number of methoxy groups -OCH3 is 2. The zero-order valence-electron chi connectivity index (χ0n) is 35.9. The van der Waals surface area contributed by atoms with Crippen molar-refractivity contribution in [2.24, 2.45) is 11.8 Å². The zero-order chi connectivity index (χ0) is 49.1. The third-order valence-corrected chi connectivity index (χ3v) is 11.1. The summed E-state index contributed by atoms with van der Waals surface area (Å²) in [5.74, 6) is -7.36. The van der Waals surface area contributed by atoms with E-state index in [1.807, 2.05) is 0 Å². The van der Waals surface area contributed by atoms with Crippen molar-refractivity contribution in [3.8, 4) is 11.5 Å². The summed E-state index contributed by atoms with van der Waals surface area (Å²) in [6, 6.07) is 3.98. The monoisotopic (exact) mass is 958 g/mol. The normalized spacial score (nSPS) is 33.1. The molecule has 4 aliphatic rings. The summed E-state index contributed by atoms with van der Waals surface area (Å²) in [4.78, 5) is 53.1. The van der Waals surface area contributed by atoms with E-state index in [2.05, 4.69) is 0 Å². The number of carbonyl (C=O) groups excluding carboxylic acids is 4. The van der Waals surface area contributed by atoms with Crippen LogP contribution < -0.4 is 0 Å². The van der Waals surface area contributed by atoms with Gasteiger partial charge in [-0.3, -0.25) is 9.59 Å². The van der Waals surface area contributed by atoms with Crippen molar-refractivity contribution >= 4 is 23.9 Å².